The second-order valence-corrected chi connectivity index (χ2v) is 4.32. The largest absolute Gasteiger partial charge is 0.478 e. The zero-order valence-electron chi connectivity index (χ0n) is 11.2. The van der Waals surface area contributed by atoms with E-state index in [-0.39, 0.29) is 0 Å². The number of aromatic amines is 1. The molecule has 1 heterocycles. The summed E-state index contributed by atoms with van der Waals surface area (Å²) in [4.78, 5) is 16.0. The van der Waals surface area contributed by atoms with E-state index in [0.29, 0.717) is 0 Å². The van der Waals surface area contributed by atoms with Crippen molar-refractivity contribution in [3.05, 3.63) is 36.0 Å². The van der Waals surface area contributed by atoms with E-state index in [1.165, 1.54) is 0 Å². The Morgan fingerprint density at radius 3 is 2.74 bits per heavy atom. The molecule has 0 saturated carbocycles. The van der Waals surface area contributed by atoms with Crippen molar-refractivity contribution in [3.8, 4) is 0 Å². The molecule has 0 radical (unpaired) electrons. The number of benzene rings is 1. The van der Waals surface area contributed by atoms with Crippen LogP contribution in [0.4, 0.5) is 5.69 Å². The molecule has 2 rings (SSSR count). The lowest BCUT2D eigenvalue weighted by molar-refractivity contribution is -0.131. The van der Waals surface area contributed by atoms with E-state index in [4.69, 9.17) is 5.11 Å². The van der Waals surface area contributed by atoms with Crippen molar-refractivity contribution in [1.29, 1.82) is 0 Å². The fourth-order valence-electron chi connectivity index (χ4n) is 2.21. The number of carbonyl (C=O) groups is 1. The Morgan fingerprint density at radius 2 is 2.11 bits per heavy atom. The molecule has 19 heavy (non-hydrogen) atoms. The predicted molar refractivity (Wildman–Crippen MR) is 78.5 cm³/mol. The summed E-state index contributed by atoms with van der Waals surface area (Å²) in [5.74, 6) is -0.936. The van der Waals surface area contributed by atoms with Crippen LogP contribution in [0, 0.1) is 0 Å². The molecule has 0 spiro atoms. The standard InChI is InChI=1S/C15H18N2O2/c1-3-17(4-2)12-6-7-14-13(9-12)11(10-16-14)5-8-15(18)19/h5-10,16H,3-4H2,1-2H3,(H,18,19)/b8-5-. The first-order chi connectivity index (χ1) is 9.15. The van der Waals surface area contributed by atoms with Crippen molar-refractivity contribution in [3.63, 3.8) is 0 Å². The van der Waals surface area contributed by atoms with E-state index in [2.05, 4.69) is 35.9 Å². The van der Waals surface area contributed by atoms with Gasteiger partial charge in [-0.3, -0.25) is 0 Å². The van der Waals surface area contributed by atoms with E-state index >= 15 is 0 Å². The Kier molecular flexibility index (Phi) is 3.90. The maximum absolute atomic E-state index is 10.6. The third-order valence-corrected chi connectivity index (χ3v) is 3.23. The number of fused-ring (bicyclic) bond motifs is 1. The van der Waals surface area contributed by atoms with Crippen LogP contribution in [0.15, 0.2) is 30.5 Å². The first kappa shape index (κ1) is 13.2. The van der Waals surface area contributed by atoms with Crippen LogP contribution >= 0.6 is 0 Å². The lowest BCUT2D eigenvalue weighted by Gasteiger charge is -2.21. The molecule has 0 aliphatic rings. The van der Waals surface area contributed by atoms with Gasteiger partial charge in [-0.05, 0) is 38.1 Å². The minimum Gasteiger partial charge on any atom is -0.478 e. The summed E-state index contributed by atoms with van der Waals surface area (Å²) in [6.07, 6.45) is 4.61. The van der Waals surface area contributed by atoms with Crippen molar-refractivity contribution in [2.75, 3.05) is 18.0 Å². The molecule has 0 aliphatic heterocycles. The zero-order valence-corrected chi connectivity index (χ0v) is 11.2. The number of anilines is 1. The molecule has 0 fully saturated rings. The van der Waals surface area contributed by atoms with Gasteiger partial charge >= 0.3 is 5.97 Å². The van der Waals surface area contributed by atoms with Gasteiger partial charge in [0, 0.05) is 47.5 Å². The van der Waals surface area contributed by atoms with Gasteiger partial charge in [-0.1, -0.05) is 0 Å². The molecule has 2 N–H and O–H groups in total. The maximum atomic E-state index is 10.6. The average Bonchev–Trinajstić information content (AvgIpc) is 2.80. The number of H-pyrrole nitrogens is 1. The topological polar surface area (TPSA) is 56.3 Å². The number of aromatic nitrogens is 1. The van der Waals surface area contributed by atoms with Gasteiger partial charge in [-0.2, -0.15) is 0 Å². The van der Waals surface area contributed by atoms with Gasteiger partial charge in [0.05, 0.1) is 0 Å². The minimum atomic E-state index is -0.936. The highest BCUT2D eigenvalue weighted by Gasteiger charge is 2.06. The smallest absolute Gasteiger partial charge is 0.328 e. The van der Waals surface area contributed by atoms with Crippen LogP contribution in [-0.2, 0) is 4.79 Å². The zero-order chi connectivity index (χ0) is 13.8. The van der Waals surface area contributed by atoms with Crippen LogP contribution < -0.4 is 4.90 Å². The summed E-state index contributed by atoms with van der Waals surface area (Å²) in [6.45, 7) is 6.14. The van der Waals surface area contributed by atoms with Gasteiger partial charge in [0.25, 0.3) is 0 Å². The molecular formula is C15H18N2O2. The van der Waals surface area contributed by atoms with Crippen LogP contribution in [0.2, 0.25) is 0 Å². The number of hydrogen-bond acceptors (Lipinski definition) is 2. The van der Waals surface area contributed by atoms with Crippen molar-refractivity contribution in [1.82, 2.24) is 4.98 Å². The highest BCUT2D eigenvalue weighted by Crippen LogP contribution is 2.25. The van der Waals surface area contributed by atoms with Crippen molar-refractivity contribution >= 4 is 28.6 Å². The quantitative estimate of drug-likeness (QED) is 0.810. The first-order valence-electron chi connectivity index (χ1n) is 6.42. The highest BCUT2D eigenvalue weighted by molar-refractivity contribution is 5.94. The fourth-order valence-corrected chi connectivity index (χ4v) is 2.21. The molecule has 1 aromatic carbocycles. The number of rotatable bonds is 5. The van der Waals surface area contributed by atoms with E-state index in [1.54, 1.807) is 6.08 Å². The second-order valence-electron chi connectivity index (χ2n) is 4.32. The Morgan fingerprint density at radius 1 is 1.37 bits per heavy atom. The third kappa shape index (κ3) is 2.78. The molecular weight excluding hydrogens is 240 g/mol. The average molecular weight is 258 g/mol. The lowest BCUT2D eigenvalue weighted by Crippen LogP contribution is -2.21. The maximum Gasteiger partial charge on any atom is 0.328 e. The van der Waals surface area contributed by atoms with Crippen LogP contribution in [0.25, 0.3) is 17.0 Å². The number of hydrogen-bond donors (Lipinski definition) is 2. The van der Waals surface area contributed by atoms with Crippen molar-refractivity contribution in [2.45, 2.75) is 13.8 Å². The number of aliphatic carboxylic acids is 1. The van der Waals surface area contributed by atoms with E-state index in [0.717, 1.165) is 41.3 Å². The van der Waals surface area contributed by atoms with Crippen LogP contribution in [-0.4, -0.2) is 29.1 Å². The molecule has 0 atom stereocenters. The summed E-state index contributed by atoms with van der Waals surface area (Å²) in [5.41, 5.74) is 3.06. The monoisotopic (exact) mass is 258 g/mol. The first-order valence-corrected chi connectivity index (χ1v) is 6.42. The fraction of sp³-hybridized carbons (Fsp3) is 0.267. The Balaban J connectivity index is 2.45. The summed E-state index contributed by atoms with van der Waals surface area (Å²) in [6, 6.07) is 6.21. The number of nitrogens with zero attached hydrogens (tertiary/aromatic N) is 1. The molecule has 1 aromatic heterocycles. The van der Waals surface area contributed by atoms with E-state index in [1.807, 2.05) is 12.3 Å². The van der Waals surface area contributed by atoms with Crippen molar-refractivity contribution < 1.29 is 9.90 Å². The SMILES string of the molecule is CCN(CC)c1ccc2[nH]cc(/C=C\C(=O)O)c2c1. The lowest BCUT2D eigenvalue weighted by atomic mass is 10.1. The van der Waals surface area contributed by atoms with Crippen LogP contribution in [0.1, 0.15) is 19.4 Å². The van der Waals surface area contributed by atoms with Gasteiger partial charge in [0.1, 0.15) is 0 Å². The molecule has 4 nitrogen and oxygen atoms in total. The second kappa shape index (κ2) is 5.61. The molecule has 2 aromatic rings. The minimum absolute atomic E-state index is 0.895. The summed E-state index contributed by atoms with van der Waals surface area (Å²) in [5, 5.41) is 9.74. The number of carboxylic acids is 1. The van der Waals surface area contributed by atoms with E-state index in [9.17, 15) is 4.79 Å². The molecule has 0 saturated heterocycles. The Labute approximate surface area is 112 Å². The third-order valence-electron chi connectivity index (χ3n) is 3.23. The Hall–Kier alpha value is -2.23. The number of nitrogens with one attached hydrogen (secondary N) is 1. The molecule has 0 amide bonds. The summed E-state index contributed by atoms with van der Waals surface area (Å²) >= 11 is 0. The van der Waals surface area contributed by atoms with Gasteiger partial charge in [-0.15, -0.1) is 0 Å². The number of carboxylic acid groups (broad SMARTS) is 1. The van der Waals surface area contributed by atoms with Gasteiger partial charge in [0.2, 0.25) is 0 Å². The highest BCUT2D eigenvalue weighted by atomic mass is 16.4. The van der Waals surface area contributed by atoms with Gasteiger partial charge < -0.3 is 15.0 Å². The molecule has 0 unspecified atom stereocenters. The molecule has 100 valence electrons. The summed E-state index contributed by atoms with van der Waals surface area (Å²) in [7, 11) is 0. The van der Waals surface area contributed by atoms with Crippen LogP contribution in [0.3, 0.4) is 0 Å². The molecule has 4 heteroatoms. The van der Waals surface area contributed by atoms with Crippen molar-refractivity contribution in [2.24, 2.45) is 0 Å². The predicted octanol–water partition coefficient (Wildman–Crippen LogP) is 3.11. The van der Waals surface area contributed by atoms with E-state index < -0.39 is 5.97 Å². The van der Waals surface area contributed by atoms with Gasteiger partial charge in [0.15, 0.2) is 0 Å². The normalized spacial score (nSPS) is 11.3. The van der Waals surface area contributed by atoms with Crippen LogP contribution in [0.5, 0.6) is 0 Å². The Bertz CT molecular complexity index is 610. The summed E-state index contributed by atoms with van der Waals surface area (Å²) < 4.78 is 0. The van der Waals surface area contributed by atoms with Gasteiger partial charge in [-0.25, -0.2) is 4.79 Å². The molecule has 0 aliphatic carbocycles. The molecule has 0 bridgehead atoms.